The van der Waals surface area contributed by atoms with Crippen LogP contribution in [0, 0.1) is 20.8 Å². The summed E-state index contributed by atoms with van der Waals surface area (Å²) in [4.78, 5) is 20.6. The molecule has 0 spiro atoms. The van der Waals surface area contributed by atoms with E-state index in [0.717, 1.165) is 38.9 Å². The monoisotopic (exact) mass is 258 g/mol. The van der Waals surface area contributed by atoms with Crippen LogP contribution in [-0.4, -0.2) is 16.3 Å². The minimum absolute atomic E-state index is 0.723. The van der Waals surface area contributed by atoms with Crippen molar-refractivity contribution >= 4 is 18.0 Å². The number of aryl methyl sites for hydroxylation is 3. The molecule has 0 fully saturated rings. The van der Waals surface area contributed by atoms with E-state index in [4.69, 9.17) is 0 Å². The molecule has 18 heavy (non-hydrogen) atoms. The Morgan fingerprint density at radius 1 is 1.06 bits per heavy atom. The number of hydrogen-bond acceptors (Lipinski definition) is 4. The van der Waals surface area contributed by atoms with Crippen molar-refractivity contribution in [2.45, 2.75) is 30.8 Å². The number of benzene rings is 1. The predicted octanol–water partition coefficient (Wildman–Crippen LogP) is 3.37. The lowest BCUT2D eigenvalue weighted by molar-refractivity contribution is 0.112. The summed E-state index contributed by atoms with van der Waals surface area (Å²) >= 11 is 1.51. The van der Waals surface area contributed by atoms with Crippen LogP contribution < -0.4 is 0 Å². The van der Waals surface area contributed by atoms with E-state index in [1.165, 1.54) is 11.8 Å². The molecule has 1 aromatic heterocycles. The average Bonchev–Trinajstić information content (AvgIpc) is 2.27. The van der Waals surface area contributed by atoms with Crippen molar-refractivity contribution in [3.05, 3.63) is 46.8 Å². The summed E-state index contributed by atoms with van der Waals surface area (Å²) in [7, 11) is 0. The molecule has 0 aliphatic rings. The molecule has 0 unspecified atom stereocenters. The van der Waals surface area contributed by atoms with E-state index in [-0.39, 0.29) is 0 Å². The lowest BCUT2D eigenvalue weighted by Crippen LogP contribution is -1.93. The minimum Gasteiger partial charge on any atom is -0.298 e. The summed E-state index contributed by atoms with van der Waals surface area (Å²) in [6, 6.07) is 7.68. The Bertz CT molecular complexity index is 576. The first-order chi connectivity index (χ1) is 8.58. The molecule has 4 heteroatoms. The van der Waals surface area contributed by atoms with Crippen molar-refractivity contribution in [2.75, 3.05) is 0 Å². The molecule has 0 atom stereocenters. The molecule has 2 aromatic rings. The number of carbonyl (C=O) groups excluding carboxylic acids is 1. The van der Waals surface area contributed by atoms with Crippen LogP contribution in [0.5, 0.6) is 0 Å². The highest BCUT2D eigenvalue weighted by atomic mass is 32.2. The Kier molecular flexibility index (Phi) is 3.77. The van der Waals surface area contributed by atoms with Crippen molar-refractivity contribution in [3.8, 4) is 0 Å². The smallest absolute Gasteiger partial charge is 0.192 e. The largest absolute Gasteiger partial charge is 0.298 e. The standard InChI is InChI=1S/C14H14N2OS/c1-9-6-13(5-4-12(9)8-17)18-14-15-10(2)7-11(3)16-14/h4-8H,1-3H3. The summed E-state index contributed by atoms with van der Waals surface area (Å²) in [5.74, 6) is 0. The molecular weight excluding hydrogens is 244 g/mol. The first kappa shape index (κ1) is 12.8. The molecular formula is C14H14N2OS. The third-order valence-corrected chi connectivity index (χ3v) is 3.39. The highest BCUT2D eigenvalue weighted by Crippen LogP contribution is 2.26. The first-order valence-electron chi connectivity index (χ1n) is 5.64. The van der Waals surface area contributed by atoms with Crippen molar-refractivity contribution in [1.29, 1.82) is 0 Å². The van der Waals surface area contributed by atoms with E-state index in [9.17, 15) is 4.79 Å². The zero-order valence-electron chi connectivity index (χ0n) is 10.6. The fourth-order valence-electron chi connectivity index (χ4n) is 1.69. The molecule has 0 saturated heterocycles. The number of hydrogen-bond donors (Lipinski definition) is 0. The maximum atomic E-state index is 10.8. The Hall–Kier alpha value is -1.68. The van der Waals surface area contributed by atoms with Crippen LogP contribution in [0.15, 0.2) is 34.3 Å². The van der Waals surface area contributed by atoms with Gasteiger partial charge in [0.05, 0.1) is 0 Å². The number of aromatic nitrogens is 2. The molecule has 1 heterocycles. The van der Waals surface area contributed by atoms with Gasteiger partial charge in [-0.1, -0.05) is 6.07 Å². The van der Waals surface area contributed by atoms with Crippen molar-refractivity contribution in [3.63, 3.8) is 0 Å². The van der Waals surface area contributed by atoms with E-state index < -0.39 is 0 Å². The molecule has 92 valence electrons. The molecule has 0 aliphatic heterocycles. The zero-order valence-corrected chi connectivity index (χ0v) is 11.4. The van der Waals surface area contributed by atoms with Gasteiger partial charge < -0.3 is 0 Å². The SMILES string of the molecule is Cc1cc(C)nc(Sc2ccc(C=O)c(C)c2)n1. The van der Waals surface area contributed by atoms with Gasteiger partial charge in [0.2, 0.25) is 0 Å². The normalized spacial score (nSPS) is 10.4. The number of aldehydes is 1. The van der Waals surface area contributed by atoms with E-state index in [1.54, 1.807) is 0 Å². The zero-order chi connectivity index (χ0) is 13.1. The number of rotatable bonds is 3. The maximum absolute atomic E-state index is 10.8. The number of nitrogens with zero attached hydrogens (tertiary/aromatic N) is 2. The predicted molar refractivity (Wildman–Crippen MR) is 72.2 cm³/mol. The third-order valence-electron chi connectivity index (χ3n) is 2.54. The highest BCUT2D eigenvalue weighted by Gasteiger charge is 2.04. The van der Waals surface area contributed by atoms with Crippen molar-refractivity contribution in [1.82, 2.24) is 9.97 Å². The van der Waals surface area contributed by atoms with E-state index >= 15 is 0 Å². The summed E-state index contributed by atoms with van der Waals surface area (Å²) in [6.07, 6.45) is 0.872. The molecule has 0 N–H and O–H groups in total. The molecule has 0 aliphatic carbocycles. The molecule has 3 nitrogen and oxygen atoms in total. The lowest BCUT2D eigenvalue weighted by atomic mass is 10.1. The van der Waals surface area contributed by atoms with E-state index in [2.05, 4.69) is 9.97 Å². The van der Waals surface area contributed by atoms with Gasteiger partial charge in [0.25, 0.3) is 0 Å². The summed E-state index contributed by atoms with van der Waals surface area (Å²) in [5.41, 5.74) is 3.62. The van der Waals surface area contributed by atoms with Crippen LogP contribution in [0.25, 0.3) is 0 Å². The van der Waals surface area contributed by atoms with Crippen LogP contribution in [0.1, 0.15) is 27.3 Å². The average molecular weight is 258 g/mol. The molecule has 0 bridgehead atoms. The fourth-order valence-corrected chi connectivity index (χ4v) is 2.65. The summed E-state index contributed by atoms with van der Waals surface area (Å²) in [5, 5.41) is 0.741. The number of carbonyl (C=O) groups is 1. The van der Waals surface area contributed by atoms with Crippen LogP contribution in [-0.2, 0) is 0 Å². The summed E-state index contributed by atoms with van der Waals surface area (Å²) in [6.45, 7) is 5.84. The van der Waals surface area contributed by atoms with Gasteiger partial charge in [0, 0.05) is 21.8 Å². The molecule has 2 rings (SSSR count). The van der Waals surface area contributed by atoms with Crippen LogP contribution >= 0.6 is 11.8 Å². The van der Waals surface area contributed by atoms with Gasteiger partial charge in [0.1, 0.15) is 6.29 Å². The molecule has 0 saturated carbocycles. The lowest BCUT2D eigenvalue weighted by Gasteiger charge is -2.05. The van der Waals surface area contributed by atoms with Gasteiger partial charge in [-0.15, -0.1) is 0 Å². The fraction of sp³-hybridized carbons (Fsp3) is 0.214. The Morgan fingerprint density at radius 2 is 1.72 bits per heavy atom. The second-order valence-electron chi connectivity index (χ2n) is 4.17. The van der Waals surface area contributed by atoms with E-state index in [1.807, 2.05) is 45.0 Å². The van der Waals surface area contributed by atoms with Gasteiger partial charge in [-0.2, -0.15) is 0 Å². The van der Waals surface area contributed by atoms with E-state index in [0.29, 0.717) is 0 Å². The quantitative estimate of drug-likeness (QED) is 0.625. The van der Waals surface area contributed by atoms with Gasteiger partial charge >= 0.3 is 0 Å². The molecule has 0 amide bonds. The van der Waals surface area contributed by atoms with Gasteiger partial charge in [-0.3, -0.25) is 4.79 Å². The van der Waals surface area contributed by atoms with Crippen LogP contribution in [0.2, 0.25) is 0 Å². The van der Waals surface area contributed by atoms with Crippen molar-refractivity contribution in [2.24, 2.45) is 0 Å². The van der Waals surface area contributed by atoms with Crippen LogP contribution in [0.4, 0.5) is 0 Å². The highest BCUT2D eigenvalue weighted by molar-refractivity contribution is 7.99. The Morgan fingerprint density at radius 3 is 2.28 bits per heavy atom. The Labute approximate surface area is 111 Å². The maximum Gasteiger partial charge on any atom is 0.192 e. The van der Waals surface area contributed by atoms with Crippen LogP contribution in [0.3, 0.4) is 0 Å². The summed E-state index contributed by atoms with van der Waals surface area (Å²) < 4.78 is 0. The van der Waals surface area contributed by atoms with Gasteiger partial charge in [0.15, 0.2) is 5.16 Å². The molecule has 0 radical (unpaired) electrons. The second-order valence-corrected chi connectivity index (χ2v) is 5.21. The van der Waals surface area contributed by atoms with Crippen molar-refractivity contribution < 1.29 is 4.79 Å². The topological polar surface area (TPSA) is 42.9 Å². The first-order valence-corrected chi connectivity index (χ1v) is 6.46. The second kappa shape index (κ2) is 5.31. The van der Waals surface area contributed by atoms with Gasteiger partial charge in [-0.05, 0) is 56.3 Å². The third kappa shape index (κ3) is 2.96. The Balaban J connectivity index is 2.28. The molecule has 1 aromatic carbocycles. The van der Waals surface area contributed by atoms with Gasteiger partial charge in [-0.25, -0.2) is 9.97 Å². The minimum atomic E-state index is 0.723.